The fraction of sp³-hybridized carbons (Fsp3) is 0.510. The van der Waals surface area contributed by atoms with E-state index >= 15 is 0 Å². The Hall–Kier alpha value is -3.52. The number of allylic oxidation sites excluding steroid dienone is 20. The maximum absolute atomic E-state index is 4.51. The highest BCUT2D eigenvalue weighted by molar-refractivity contribution is 5.71. The number of hydrogen-bond acceptors (Lipinski definition) is 2. The van der Waals surface area contributed by atoms with Crippen molar-refractivity contribution >= 4 is 0 Å². The number of fused-ring (bicyclic) bond motifs is 7. The van der Waals surface area contributed by atoms with Crippen molar-refractivity contribution < 1.29 is 0 Å². The normalized spacial score (nSPS) is 38.2. The lowest BCUT2D eigenvalue weighted by Gasteiger charge is -2.47. The predicted molar refractivity (Wildman–Crippen MR) is 212 cm³/mol. The van der Waals surface area contributed by atoms with E-state index in [1.165, 1.54) is 75.6 Å². The van der Waals surface area contributed by atoms with Crippen LogP contribution in [0.3, 0.4) is 0 Å². The first kappa shape index (κ1) is 32.2. The molecule has 1 aliphatic heterocycles. The first-order valence-corrected chi connectivity index (χ1v) is 20.9. The van der Waals surface area contributed by atoms with Crippen LogP contribution in [-0.2, 0) is 0 Å². The largest absolute Gasteiger partial charge is 0.381 e. The van der Waals surface area contributed by atoms with Crippen molar-refractivity contribution in [3.8, 4) is 0 Å². The fourth-order valence-corrected chi connectivity index (χ4v) is 12.6. The average molecular weight is 675 g/mol. The molecule has 10 rings (SSSR count). The average Bonchev–Trinajstić information content (AvgIpc) is 3.59. The summed E-state index contributed by atoms with van der Waals surface area (Å²) in [6.45, 7) is 5.09. The molecule has 10 aliphatic rings. The van der Waals surface area contributed by atoms with Crippen LogP contribution in [0.5, 0.6) is 0 Å². The molecule has 51 heavy (non-hydrogen) atoms. The van der Waals surface area contributed by atoms with Gasteiger partial charge in [0.15, 0.2) is 0 Å². The van der Waals surface area contributed by atoms with E-state index in [-0.39, 0.29) is 10.8 Å². The molecule has 9 aliphatic carbocycles. The molecule has 0 saturated heterocycles. The molecule has 8 unspecified atom stereocenters. The zero-order valence-electron chi connectivity index (χ0n) is 31.0. The van der Waals surface area contributed by atoms with Gasteiger partial charge in [0.25, 0.3) is 0 Å². The molecular weight excluding hydrogens is 617 g/mol. The van der Waals surface area contributed by atoms with Crippen LogP contribution in [0.25, 0.3) is 0 Å². The Morgan fingerprint density at radius 2 is 1.47 bits per heavy atom. The number of nitrogens with one attached hydrogen (secondary N) is 2. The van der Waals surface area contributed by atoms with Crippen molar-refractivity contribution in [2.75, 3.05) is 0 Å². The molecule has 2 saturated carbocycles. The summed E-state index contributed by atoms with van der Waals surface area (Å²) in [6.07, 6.45) is 56.1. The van der Waals surface area contributed by atoms with Crippen molar-refractivity contribution in [3.63, 3.8) is 0 Å². The van der Waals surface area contributed by atoms with E-state index in [1.807, 2.05) is 0 Å². The van der Waals surface area contributed by atoms with Crippen LogP contribution in [0.4, 0.5) is 0 Å². The van der Waals surface area contributed by atoms with Crippen LogP contribution in [0, 0.1) is 46.3 Å². The molecule has 0 amide bonds. The molecule has 8 atom stereocenters. The molecule has 0 aromatic carbocycles. The van der Waals surface area contributed by atoms with Gasteiger partial charge in [0.05, 0.1) is 12.1 Å². The van der Waals surface area contributed by atoms with Gasteiger partial charge in [-0.2, -0.15) is 0 Å². The SMILES string of the molecule is CC1(C)C2=CCCC=C2C2C=C3C(=CC21)C1(CCCCC1)C1=C3C(C2=C(C3C=CC=CC3)NC(C3C=CC=CC3)C(C3C=CCCC3)N2)CC=C1. The van der Waals surface area contributed by atoms with Gasteiger partial charge in [-0.1, -0.05) is 130 Å². The maximum atomic E-state index is 4.51. The summed E-state index contributed by atoms with van der Waals surface area (Å²) in [7, 11) is 0. The van der Waals surface area contributed by atoms with E-state index in [9.17, 15) is 0 Å². The summed E-state index contributed by atoms with van der Waals surface area (Å²) < 4.78 is 0. The van der Waals surface area contributed by atoms with Crippen LogP contribution < -0.4 is 10.6 Å². The van der Waals surface area contributed by atoms with E-state index in [0.29, 0.717) is 47.6 Å². The summed E-state index contributed by atoms with van der Waals surface area (Å²) in [4.78, 5) is 0. The minimum atomic E-state index is 0.176. The third kappa shape index (κ3) is 5.01. The second kappa shape index (κ2) is 12.6. The zero-order chi connectivity index (χ0) is 34.2. The Bertz CT molecular complexity index is 1850. The molecule has 2 N–H and O–H groups in total. The van der Waals surface area contributed by atoms with Gasteiger partial charge >= 0.3 is 0 Å². The van der Waals surface area contributed by atoms with Crippen molar-refractivity contribution in [1.29, 1.82) is 0 Å². The Morgan fingerprint density at radius 1 is 0.667 bits per heavy atom. The summed E-state index contributed by atoms with van der Waals surface area (Å²) in [5, 5.41) is 8.92. The molecule has 0 aromatic heterocycles. The maximum Gasteiger partial charge on any atom is 0.0531 e. The van der Waals surface area contributed by atoms with E-state index in [4.69, 9.17) is 0 Å². The van der Waals surface area contributed by atoms with Crippen LogP contribution in [-0.4, -0.2) is 12.1 Å². The van der Waals surface area contributed by atoms with Gasteiger partial charge in [0.2, 0.25) is 0 Å². The highest BCUT2D eigenvalue weighted by Gasteiger charge is 2.56. The van der Waals surface area contributed by atoms with Crippen LogP contribution in [0.15, 0.2) is 142 Å². The fourth-order valence-electron chi connectivity index (χ4n) is 12.6. The van der Waals surface area contributed by atoms with Gasteiger partial charge in [-0.05, 0) is 115 Å². The Labute approximate surface area is 307 Å². The van der Waals surface area contributed by atoms with Crippen LogP contribution in [0.2, 0.25) is 0 Å². The molecule has 0 radical (unpaired) electrons. The second-order valence-corrected chi connectivity index (χ2v) is 18.0. The molecule has 2 nitrogen and oxygen atoms in total. The Morgan fingerprint density at radius 3 is 2.25 bits per heavy atom. The third-order valence-electron chi connectivity index (χ3n) is 15.0. The van der Waals surface area contributed by atoms with Crippen molar-refractivity contribution in [1.82, 2.24) is 10.6 Å². The molecular formula is C49H58N2. The lowest BCUT2D eigenvalue weighted by molar-refractivity contribution is 0.240. The van der Waals surface area contributed by atoms with Crippen molar-refractivity contribution in [3.05, 3.63) is 142 Å². The molecule has 0 aromatic rings. The lowest BCUT2D eigenvalue weighted by Crippen LogP contribution is -2.60. The zero-order valence-corrected chi connectivity index (χ0v) is 31.0. The highest BCUT2D eigenvalue weighted by Crippen LogP contribution is 2.67. The summed E-state index contributed by atoms with van der Waals surface area (Å²) in [5.41, 5.74) is 13.3. The molecule has 2 fully saturated rings. The number of hydrogen-bond donors (Lipinski definition) is 2. The van der Waals surface area contributed by atoms with Crippen molar-refractivity contribution in [2.45, 2.75) is 109 Å². The third-order valence-corrected chi connectivity index (χ3v) is 15.0. The lowest BCUT2D eigenvalue weighted by atomic mass is 9.63. The predicted octanol–water partition coefficient (Wildman–Crippen LogP) is 11.4. The molecule has 264 valence electrons. The minimum Gasteiger partial charge on any atom is -0.381 e. The van der Waals surface area contributed by atoms with E-state index in [2.05, 4.69) is 122 Å². The van der Waals surface area contributed by atoms with Crippen LogP contribution >= 0.6 is 0 Å². The first-order chi connectivity index (χ1) is 25.0. The van der Waals surface area contributed by atoms with Gasteiger partial charge in [0.1, 0.15) is 0 Å². The van der Waals surface area contributed by atoms with Gasteiger partial charge < -0.3 is 10.6 Å². The van der Waals surface area contributed by atoms with Gasteiger partial charge in [0, 0.05) is 40.5 Å². The second-order valence-electron chi connectivity index (χ2n) is 18.0. The summed E-state index contributed by atoms with van der Waals surface area (Å²) in [6, 6.07) is 0.743. The summed E-state index contributed by atoms with van der Waals surface area (Å²) in [5.74, 6) is 2.81. The molecule has 1 spiro atoms. The van der Waals surface area contributed by atoms with Gasteiger partial charge in [-0.25, -0.2) is 0 Å². The minimum absolute atomic E-state index is 0.176. The van der Waals surface area contributed by atoms with Gasteiger partial charge in [-0.3, -0.25) is 0 Å². The molecule has 2 heteroatoms. The van der Waals surface area contributed by atoms with E-state index < -0.39 is 0 Å². The molecule has 1 heterocycles. The quantitative estimate of drug-likeness (QED) is 0.290. The monoisotopic (exact) mass is 674 g/mol. The number of rotatable bonds is 4. The topological polar surface area (TPSA) is 24.1 Å². The van der Waals surface area contributed by atoms with Gasteiger partial charge in [-0.15, -0.1) is 0 Å². The molecule has 0 bridgehead atoms. The first-order valence-electron chi connectivity index (χ1n) is 20.9. The van der Waals surface area contributed by atoms with Crippen LogP contribution in [0.1, 0.15) is 97.3 Å². The highest BCUT2D eigenvalue weighted by atomic mass is 15.1. The van der Waals surface area contributed by atoms with E-state index in [0.717, 1.165) is 19.3 Å². The van der Waals surface area contributed by atoms with E-state index in [1.54, 1.807) is 33.4 Å². The smallest absolute Gasteiger partial charge is 0.0531 e. The Balaban J connectivity index is 1.14. The van der Waals surface area contributed by atoms with Crippen molar-refractivity contribution in [2.24, 2.45) is 46.3 Å². The summed E-state index contributed by atoms with van der Waals surface area (Å²) >= 11 is 0. The Kier molecular flexibility index (Phi) is 7.92. The standard InChI is InChI=1S/C49H58N2/c1-48(2)39-26-14-13-24-35(39)37-30-38-42(31-41(37)48)49(28-15-6-16-29-49)40-27-17-25-36(43(38)40)47-46(34-22-11-5-12-23-34)50-44(32-18-7-3-8-19-32)45(51-47)33-20-9-4-10-21-33/h3,5,7-9,11-12,17-18,20,22,24,26-27,30-34,36-37,41,44-45,50-51H,4,6,10,13-16,19,21,23,25,28-29H2,1-2H3.